The third-order valence-corrected chi connectivity index (χ3v) is 2.49. The van der Waals surface area contributed by atoms with Crippen LogP contribution >= 0.6 is 0 Å². The van der Waals surface area contributed by atoms with Gasteiger partial charge < -0.3 is 15.8 Å². The number of hydrogen-bond donors (Lipinski definition) is 2. The molecule has 0 aromatic heterocycles. The summed E-state index contributed by atoms with van der Waals surface area (Å²) < 4.78 is 54.7. The lowest BCUT2D eigenvalue weighted by Gasteiger charge is -2.21. The highest BCUT2D eigenvalue weighted by atomic mass is 19.4. The summed E-state index contributed by atoms with van der Waals surface area (Å²) >= 11 is 0. The Morgan fingerprint density at radius 3 is 2.50 bits per heavy atom. The van der Waals surface area contributed by atoms with Crippen molar-refractivity contribution in [1.29, 1.82) is 0 Å². The molecule has 2 atom stereocenters. The van der Waals surface area contributed by atoms with Crippen LogP contribution in [0.1, 0.15) is 13.8 Å². The van der Waals surface area contributed by atoms with Crippen LogP contribution in [0, 0.1) is 5.82 Å². The maximum atomic E-state index is 13.4. The van der Waals surface area contributed by atoms with Crippen LogP contribution in [0.2, 0.25) is 0 Å². The SMILES string of the molecule is CC(OC(C)C(F)(F)F)C(=O)Nc1cc(N)ccc1F. The molecule has 112 valence electrons. The number of carbonyl (C=O) groups excluding carboxylic acids is 1. The topological polar surface area (TPSA) is 64.3 Å². The Balaban J connectivity index is 2.69. The number of nitrogens with one attached hydrogen (secondary N) is 1. The molecule has 0 fully saturated rings. The number of benzene rings is 1. The largest absolute Gasteiger partial charge is 0.414 e. The van der Waals surface area contributed by atoms with Crippen molar-refractivity contribution < 1.29 is 27.1 Å². The van der Waals surface area contributed by atoms with Crippen LogP contribution in [0.5, 0.6) is 0 Å². The summed E-state index contributed by atoms with van der Waals surface area (Å²) in [4.78, 5) is 11.6. The second kappa shape index (κ2) is 6.08. The van der Waals surface area contributed by atoms with Crippen LogP contribution in [0.25, 0.3) is 0 Å². The van der Waals surface area contributed by atoms with E-state index >= 15 is 0 Å². The molecule has 20 heavy (non-hydrogen) atoms. The van der Waals surface area contributed by atoms with Gasteiger partial charge in [-0.05, 0) is 32.0 Å². The van der Waals surface area contributed by atoms with Crippen LogP contribution in [0.15, 0.2) is 18.2 Å². The summed E-state index contributed by atoms with van der Waals surface area (Å²) in [6, 6.07) is 3.48. The number of anilines is 2. The van der Waals surface area contributed by atoms with Gasteiger partial charge >= 0.3 is 6.18 Å². The molecular formula is C12H14F4N2O2. The summed E-state index contributed by atoms with van der Waals surface area (Å²) in [5, 5.41) is 2.12. The number of nitrogen functional groups attached to an aromatic ring is 1. The molecule has 1 aromatic rings. The Bertz CT molecular complexity index is 491. The average molecular weight is 294 g/mol. The summed E-state index contributed by atoms with van der Waals surface area (Å²) in [6.07, 6.45) is -8.07. The number of rotatable bonds is 4. The Kier molecular flexibility index (Phi) is 4.93. The van der Waals surface area contributed by atoms with Gasteiger partial charge in [0.25, 0.3) is 5.91 Å². The third-order valence-electron chi connectivity index (χ3n) is 2.49. The van der Waals surface area contributed by atoms with E-state index < -0.39 is 30.1 Å². The van der Waals surface area contributed by atoms with Gasteiger partial charge in [0.05, 0.1) is 5.69 Å². The third kappa shape index (κ3) is 4.37. The van der Waals surface area contributed by atoms with Gasteiger partial charge in [0.2, 0.25) is 0 Å². The fraction of sp³-hybridized carbons (Fsp3) is 0.417. The normalized spacial score (nSPS) is 14.7. The fourth-order valence-corrected chi connectivity index (χ4v) is 1.32. The Labute approximate surface area is 112 Å². The maximum absolute atomic E-state index is 13.4. The second-order valence-corrected chi connectivity index (χ2v) is 4.19. The first kappa shape index (κ1) is 16.2. The average Bonchev–Trinajstić information content (AvgIpc) is 2.32. The molecule has 2 unspecified atom stereocenters. The molecule has 0 aliphatic heterocycles. The lowest BCUT2D eigenvalue weighted by atomic mass is 10.2. The van der Waals surface area contributed by atoms with Crippen LogP contribution in [0.4, 0.5) is 28.9 Å². The van der Waals surface area contributed by atoms with Crippen LogP contribution in [-0.2, 0) is 9.53 Å². The van der Waals surface area contributed by atoms with Gasteiger partial charge in [0.15, 0.2) is 6.10 Å². The van der Waals surface area contributed by atoms with E-state index in [1.54, 1.807) is 0 Å². The molecule has 1 aromatic carbocycles. The van der Waals surface area contributed by atoms with Crippen LogP contribution in [0.3, 0.4) is 0 Å². The van der Waals surface area contributed by atoms with Crippen LogP contribution in [-0.4, -0.2) is 24.3 Å². The zero-order valence-electron chi connectivity index (χ0n) is 10.8. The van der Waals surface area contributed by atoms with Crippen molar-refractivity contribution in [3.63, 3.8) is 0 Å². The standard InChI is InChI=1S/C12H14F4N2O2/c1-6(20-7(2)12(14,15)16)11(19)18-10-5-8(17)3-4-9(10)13/h3-7H,17H2,1-2H3,(H,18,19). The quantitative estimate of drug-likeness (QED) is 0.663. The number of hydrogen-bond acceptors (Lipinski definition) is 3. The molecule has 0 saturated carbocycles. The summed E-state index contributed by atoms with van der Waals surface area (Å²) in [5.74, 6) is -1.64. The van der Waals surface area contributed by atoms with Gasteiger partial charge in [-0.25, -0.2) is 4.39 Å². The lowest BCUT2D eigenvalue weighted by molar-refractivity contribution is -0.223. The van der Waals surface area contributed by atoms with E-state index in [2.05, 4.69) is 10.1 Å². The van der Waals surface area contributed by atoms with Crippen molar-refractivity contribution in [3.8, 4) is 0 Å². The van der Waals surface area contributed by atoms with Gasteiger partial charge in [0, 0.05) is 5.69 Å². The minimum atomic E-state index is -4.57. The smallest absolute Gasteiger partial charge is 0.399 e. The number of nitrogens with two attached hydrogens (primary N) is 1. The monoisotopic (exact) mass is 294 g/mol. The first-order valence-electron chi connectivity index (χ1n) is 5.69. The highest BCUT2D eigenvalue weighted by Gasteiger charge is 2.38. The molecule has 0 aliphatic rings. The molecular weight excluding hydrogens is 280 g/mol. The van der Waals surface area contributed by atoms with E-state index in [0.717, 1.165) is 26.0 Å². The minimum absolute atomic E-state index is 0.207. The molecule has 0 aliphatic carbocycles. The molecule has 0 radical (unpaired) electrons. The van der Waals surface area contributed by atoms with Crippen molar-refractivity contribution in [2.75, 3.05) is 11.1 Å². The predicted molar refractivity (Wildman–Crippen MR) is 65.5 cm³/mol. The zero-order chi connectivity index (χ0) is 15.5. The van der Waals surface area contributed by atoms with Gasteiger partial charge in [0.1, 0.15) is 11.9 Å². The van der Waals surface area contributed by atoms with Crippen molar-refractivity contribution in [2.45, 2.75) is 32.2 Å². The van der Waals surface area contributed by atoms with Crippen molar-refractivity contribution in [1.82, 2.24) is 0 Å². The molecule has 3 N–H and O–H groups in total. The van der Waals surface area contributed by atoms with Gasteiger partial charge in [-0.3, -0.25) is 4.79 Å². The zero-order valence-corrected chi connectivity index (χ0v) is 10.8. The van der Waals surface area contributed by atoms with E-state index in [1.807, 2.05) is 0 Å². The Morgan fingerprint density at radius 2 is 1.95 bits per heavy atom. The number of ether oxygens (including phenoxy) is 1. The van der Waals surface area contributed by atoms with E-state index in [-0.39, 0.29) is 11.4 Å². The second-order valence-electron chi connectivity index (χ2n) is 4.19. The first-order chi connectivity index (χ1) is 9.11. The van der Waals surface area contributed by atoms with Gasteiger partial charge in [-0.15, -0.1) is 0 Å². The van der Waals surface area contributed by atoms with E-state index in [9.17, 15) is 22.4 Å². The Hall–Kier alpha value is -1.83. The highest BCUT2D eigenvalue weighted by molar-refractivity contribution is 5.94. The van der Waals surface area contributed by atoms with Crippen molar-refractivity contribution >= 4 is 17.3 Å². The molecule has 8 heteroatoms. The molecule has 0 heterocycles. The van der Waals surface area contributed by atoms with Crippen molar-refractivity contribution in [2.24, 2.45) is 0 Å². The molecule has 1 amide bonds. The van der Waals surface area contributed by atoms with E-state index in [0.29, 0.717) is 0 Å². The van der Waals surface area contributed by atoms with Gasteiger partial charge in [-0.1, -0.05) is 0 Å². The summed E-state index contributed by atoms with van der Waals surface area (Å²) in [5.41, 5.74) is 5.41. The molecule has 0 bridgehead atoms. The molecule has 0 spiro atoms. The molecule has 4 nitrogen and oxygen atoms in total. The Morgan fingerprint density at radius 1 is 1.35 bits per heavy atom. The van der Waals surface area contributed by atoms with Gasteiger partial charge in [-0.2, -0.15) is 13.2 Å². The maximum Gasteiger partial charge on any atom is 0.414 e. The lowest BCUT2D eigenvalue weighted by Crippen LogP contribution is -2.37. The number of halogens is 4. The summed E-state index contributed by atoms with van der Waals surface area (Å²) in [6.45, 7) is 1.92. The predicted octanol–water partition coefficient (Wildman–Crippen LogP) is 2.70. The van der Waals surface area contributed by atoms with E-state index in [4.69, 9.17) is 5.73 Å². The fourth-order valence-electron chi connectivity index (χ4n) is 1.32. The molecule has 0 saturated heterocycles. The first-order valence-corrected chi connectivity index (χ1v) is 5.69. The van der Waals surface area contributed by atoms with Crippen LogP contribution < -0.4 is 11.1 Å². The number of amides is 1. The summed E-state index contributed by atoms with van der Waals surface area (Å²) in [7, 11) is 0. The number of alkyl halides is 3. The van der Waals surface area contributed by atoms with Crippen molar-refractivity contribution in [3.05, 3.63) is 24.0 Å². The number of carbonyl (C=O) groups is 1. The van der Waals surface area contributed by atoms with E-state index in [1.165, 1.54) is 6.07 Å². The highest BCUT2D eigenvalue weighted by Crippen LogP contribution is 2.24. The minimum Gasteiger partial charge on any atom is -0.399 e. The molecule has 1 rings (SSSR count).